The first-order chi connectivity index (χ1) is 10.2. The molecule has 0 fully saturated rings. The minimum Gasteiger partial charge on any atom is -0.0619 e. The molecule has 0 saturated heterocycles. The number of fused-ring (bicyclic) bond motifs is 3. The molecule has 21 heavy (non-hydrogen) atoms. The van der Waals surface area contributed by atoms with Crippen molar-refractivity contribution in [2.24, 2.45) is 0 Å². The maximum Gasteiger partial charge on any atom is 0.0309 e. The Labute approximate surface area is 146 Å². The second kappa shape index (κ2) is 5.25. The van der Waals surface area contributed by atoms with E-state index in [1.54, 1.807) is 0 Å². The standard InChI is InChI=1S/C19H12BrI/c20-18-8-7-13(11-19(18)21)12-5-6-15-9-14-3-1-2-4-16(14)17(15)10-12/h1-8,10-11H,9H2. The van der Waals surface area contributed by atoms with Gasteiger partial charge >= 0.3 is 0 Å². The smallest absolute Gasteiger partial charge is 0.0309 e. The summed E-state index contributed by atoms with van der Waals surface area (Å²) in [6.07, 6.45) is 1.06. The lowest BCUT2D eigenvalue weighted by atomic mass is 9.99. The molecule has 3 aromatic carbocycles. The van der Waals surface area contributed by atoms with Crippen molar-refractivity contribution in [2.45, 2.75) is 6.42 Å². The van der Waals surface area contributed by atoms with Crippen LogP contribution in [0, 0.1) is 3.57 Å². The molecule has 0 saturated carbocycles. The fraction of sp³-hybridized carbons (Fsp3) is 0.0526. The molecule has 102 valence electrons. The third-order valence-corrected chi connectivity index (χ3v) is 6.38. The minimum atomic E-state index is 1.06. The molecule has 4 rings (SSSR count). The molecule has 2 heteroatoms. The largest absolute Gasteiger partial charge is 0.0619 e. The minimum absolute atomic E-state index is 1.06. The Bertz CT molecular complexity index is 852. The molecule has 0 aromatic heterocycles. The molecule has 1 aliphatic rings. The van der Waals surface area contributed by atoms with Crippen molar-refractivity contribution in [3.8, 4) is 22.3 Å². The predicted molar refractivity (Wildman–Crippen MR) is 101 cm³/mol. The fourth-order valence-electron chi connectivity index (χ4n) is 2.98. The van der Waals surface area contributed by atoms with E-state index < -0.39 is 0 Å². The molecule has 0 radical (unpaired) electrons. The van der Waals surface area contributed by atoms with Gasteiger partial charge in [-0.25, -0.2) is 0 Å². The van der Waals surface area contributed by atoms with Gasteiger partial charge in [-0.2, -0.15) is 0 Å². The van der Waals surface area contributed by atoms with Crippen molar-refractivity contribution in [3.05, 3.63) is 79.8 Å². The predicted octanol–water partition coefficient (Wildman–Crippen LogP) is 6.29. The Kier molecular flexibility index (Phi) is 3.38. The van der Waals surface area contributed by atoms with Gasteiger partial charge < -0.3 is 0 Å². The van der Waals surface area contributed by atoms with E-state index in [4.69, 9.17) is 0 Å². The van der Waals surface area contributed by atoms with Crippen LogP contribution in [-0.2, 0) is 6.42 Å². The Morgan fingerprint density at radius 2 is 1.48 bits per heavy atom. The third-order valence-electron chi connectivity index (χ3n) is 4.05. The maximum absolute atomic E-state index is 3.57. The van der Waals surface area contributed by atoms with Crippen LogP contribution in [0.15, 0.2) is 65.1 Å². The van der Waals surface area contributed by atoms with Gasteiger partial charge in [0.05, 0.1) is 0 Å². The first kappa shape index (κ1) is 13.5. The van der Waals surface area contributed by atoms with Crippen molar-refractivity contribution in [2.75, 3.05) is 0 Å². The zero-order chi connectivity index (χ0) is 14.4. The van der Waals surface area contributed by atoms with Crippen molar-refractivity contribution in [1.29, 1.82) is 0 Å². The number of rotatable bonds is 1. The van der Waals surface area contributed by atoms with Crippen molar-refractivity contribution >= 4 is 38.5 Å². The quantitative estimate of drug-likeness (QED) is 0.301. The third kappa shape index (κ3) is 2.34. The number of hydrogen-bond donors (Lipinski definition) is 0. The average molecular weight is 447 g/mol. The van der Waals surface area contributed by atoms with E-state index in [0.717, 1.165) is 10.9 Å². The topological polar surface area (TPSA) is 0 Å². The highest BCUT2D eigenvalue weighted by Gasteiger charge is 2.18. The molecule has 0 unspecified atom stereocenters. The molecule has 0 nitrogen and oxygen atoms in total. The molecular formula is C19H12BrI. The van der Waals surface area contributed by atoms with Crippen molar-refractivity contribution in [1.82, 2.24) is 0 Å². The SMILES string of the molecule is Brc1ccc(-c2ccc3c(c2)-c2ccccc2C3)cc1I. The van der Waals surface area contributed by atoms with Crippen LogP contribution in [-0.4, -0.2) is 0 Å². The van der Waals surface area contributed by atoms with Crippen LogP contribution < -0.4 is 0 Å². The van der Waals surface area contributed by atoms with E-state index in [1.165, 1.54) is 37.0 Å². The van der Waals surface area contributed by atoms with Crippen LogP contribution in [0.1, 0.15) is 11.1 Å². The molecular weight excluding hydrogens is 435 g/mol. The second-order valence-corrected chi connectivity index (χ2v) is 7.35. The van der Waals surface area contributed by atoms with E-state index in [2.05, 4.69) is 99.2 Å². The first-order valence-corrected chi connectivity index (χ1v) is 8.76. The van der Waals surface area contributed by atoms with E-state index in [-0.39, 0.29) is 0 Å². The summed E-state index contributed by atoms with van der Waals surface area (Å²) in [4.78, 5) is 0. The van der Waals surface area contributed by atoms with Crippen LogP contribution in [0.25, 0.3) is 22.3 Å². The Morgan fingerprint density at radius 3 is 2.33 bits per heavy atom. The summed E-state index contributed by atoms with van der Waals surface area (Å²) in [5, 5.41) is 0. The number of benzene rings is 3. The van der Waals surface area contributed by atoms with Gasteiger partial charge in [0.2, 0.25) is 0 Å². The van der Waals surface area contributed by atoms with Gasteiger partial charge in [-0.05, 0) is 96.5 Å². The molecule has 0 amide bonds. The van der Waals surface area contributed by atoms with Crippen LogP contribution in [0.2, 0.25) is 0 Å². The Morgan fingerprint density at radius 1 is 0.762 bits per heavy atom. The molecule has 1 aliphatic carbocycles. The lowest BCUT2D eigenvalue weighted by Crippen LogP contribution is -1.84. The van der Waals surface area contributed by atoms with Gasteiger partial charge in [-0.3, -0.25) is 0 Å². The number of hydrogen-bond acceptors (Lipinski definition) is 0. The van der Waals surface area contributed by atoms with Gasteiger partial charge in [-0.1, -0.05) is 42.5 Å². The molecule has 3 aromatic rings. The van der Waals surface area contributed by atoms with Gasteiger partial charge in [-0.15, -0.1) is 0 Å². The monoisotopic (exact) mass is 446 g/mol. The Hall–Kier alpha value is -1.13. The summed E-state index contributed by atoms with van der Waals surface area (Å²) < 4.78 is 2.39. The van der Waals surface area contributed by atoms with Gasteiger partial charge in [0.15, 0.2) is 0 Å². The molecule has 0 heterocycles. The van der Waals surface area contributed by atoms with Gasteiger partial charge in [0.1, 0.15) is 0 Å². The van der Waals surface area contributed by atoms with Crippen LogP contribution in [0.4, 0.5) is 0 Å². The normalized spacial score (nSPS) is 12.1. The van der Waals surface area contributed by atoms with Crippen LogP contribution in [0.5, 0.6) is 0 Å². The first-order valence-electron chi connectivity index (χ1n) is 6.89. The molecule has 0 spiro atoms. The maximum atomic E-state index is 3.57. The molecule has 0 N–H and O–H groups in total. The zero-order valence-electron chi connectivity index (χ0n) is 11.2. The average Bonchev–Trinajstić information content (AvgIpc) is 2.88. The van der Waals surface area contributed by atoms with Gasteiger partial charge in [0.25, 0.3) is 0 Å². The van der Waals surface area contributed by atoms with Crippen molar-refractivity contribution < 1.29 is 0 Å². The van der Waals surface area contributed by atoms with E-state index in [0.29, 0.717) is 0 Å². The summed E-state index contributed by atoms with van der Waals surface area (Å²) in [5.41, 5.74) is 8.22. The van der Waals surface area contributed by atoms with Crippen molar-refractivity contribution in [3.63, 3.8) is 0 Å². The summed E-state index contributed by atoms with van der Waals surface area (Å²) in [7, 11) is 0. The lowest BCUT2D eigenvalue weighted by Gasteiger charge is -2.07. The highest BCUT2D eigenvalue weighted by molar-refractivity contribution is 14.1. The van der Waals surface area contributed by atoms with Crippen LogP contribution in [0.3, 0.4) is 0 Å². The highest BCUT2D eigenvalue weighted by Crippen LogP contribution is 2.39. The van der Waals surface area contributed by atoms with Crippen LogP contribution >= 0.6 is 38.5 Å². The summed E-state index contributed by atoms with van der Waals surface area (Å²) >= 11 is 5.93. The van der Waals surface area contributed by atoms with E-state index in [9.17, 15) is 0 Å². The Balaban J connectivity index is 1.86. The number of halogens is 2. The second-order valence-electron chi connectivity index (χ2n) is 5.33. The highest BCUT2D eigenvalue weighted by atomic mass is 127. The molecule has 0 aliphatic heterocycles. The van der Waals surface area contributed by atoms with E-state index >= 15 is 0 Å². The summed E-state index contributed by atoms with van der Waals surface area (Å²) in [6.45, 7) is 0. The fourth-order valence-corrected chi connectivity index (χ4v) is 3.74. The summed E-state index contributed by atoms with van der Waals surface area (Å²) in [5.74, 6) is 0. The summed E-state index contributed by atoms with van der Waals surface area (Å²) in [6, 6.07) is 22.1. The lowest BCUT2D eigenvalue weighted by molar-refractivity contribution is 1.26. The van der Waals surface area contributed by atoms with Gasteiger partial charge in [0, 0.05) is 8.04 Å². The molecule has 0 bridgehead atoms. The zero-order valence-corrected chi connectivity index (χ0v) is 15.0. The molecule has 0 atom stereocenters. The van der Waals surface area contributed by atoms with E-state index in [1.807, 2.05) is 0 Å².